The third kappa shape index (κ3) is 10.8. The third-order valence-corrected chi connectivity index (χ3v) is 3.31. The second kappa shape index (κ2) is 12.4. The van der Waals surface area contributed by atoms with Crippen LogP contribution in [0, 0.1) is 0 Å². The highest BCUT2D eigenvalue weighted by molar-refractivity contribution is 4.59. The Labute approximate surface area is 109 Å². The average Bonchev–Trinajstić information content (AvgIpc) is 2.34. The van der Waals surface area contributed by atoms with Gasteiger partial charge in [0.1, 0.15) is 0 Å². The van der Waals surface area contributed by atoms with Crippen molar-refractivity contribution < 1.29 is 4.74 Å². The third-order valence-electron chi connectivity index (χ3n) is 3.31. The molecule has 0 amide bonds. The summed E-state index contributed by atoms with van der Waals surface area (Å²) in [5.74, 6) is 0. The number of rotatable bonds is 12. The predicted molar refractivity (Wildman–Crippen MR) is 76.6 cm³/mol. The number of nitrogens with zero attached hydrogens (tertiary/aromatic N) is 1. The summed E-state index contributed by atoms with van der Waals surface area (Å²) in [6, 6.07) is 0. The molecule has 2 heteroatoms. The van der Waals surface area contributed by atoms with E-state index in [0.717, 1.165) is 26.2 Å². The van der Waals surface area contributed by atoms with E-state index in [1.807, 2.05) is 0 Å². The van der Waals surface area contributed by atoms with Crippen LogP contribution in [-0.2, 0) is 4.74 Å². The lowest BCUT2D eigenvalue weighted by Crippen LogP contribution is -2.32. The topological polar surface area (TPSA) is 12.5 Å². The molecule has 0 aliphatic rings. The van der Waals surface area contributed by atoms with Gasteiger partial charge in [-0.1, -0.05) is 52.9 Å². The molecular weight excluding hydrogens is 210 g/mol. The van der Waals surface area contributed by atoms with E-state index < -0.39 is 0 Å². The molecule has 0 aliphatic heterocycles. The molecule has 0 N–H and O–H groups in total. The normalized spacial score (nSPS) is 13.2. The molecule has 0 fully saturated rings. The quantitative estimate of drug-likeness (QED) is 0.479. The van der Waals surface area contributed by atoms with Crippen LogP contribution in [0.2, 0.25) is 0 Å². The molecule has 0 heterocycles. The summed E-state index contributed by atoms with van der Waals surface area (Å²) in [4.78, 5) is 2.42. The highest BCUT2D eigenvalue weighted by Crippen LogP contribution is 2.06. The van der Waals surface area contributed by atoms with Gasteiger partial charge >= 0.3 is 0 Å². The minimum Gasteiger partial charge on any atom is -0.377 e. The predicted octanol–water partition coefficient (Wildman–Crippen LogP) is 4.09. The van der Waals surface area contributed by atoms with Crippen molar-refractivity contribution in [3.8, 4) is 0 Å². The first-order chi connectivity index (χ1) is 8.24. The van der Waals surface area contributed by atoms with Crippen LogP contribution in [0.3, 0.4) is 0 Å². The maximum absolute atomic E-state index is 5.84. The molecule has 17 heavy (non-hydrogen) atoms. The summed E-state index contributed by atoms with van der Waals surface area (Å²) in [6.45, 7) is 13.1. The Balaban J connectivity index is 3.29. The molecule has 0 aromatic rings. The van der Waals surface area contributed by atoms with Gasteiger partial charge in [0, 0.05) is 13.2 Å². The van der Waals surface area contributed by atoms with Gasteiger partial charge in [0.2, 0.25) is 0 Å². The monoisotopic (exact) mass is 243 g/mol. The Morgan fingerprint density at radius 2 is 1.47 bits per heavy atom. The lowest BCUT2D eigenvalue weighted by atomic mass is 10.1. The summed E-state index contributed by atoms with van der Waals surface area (Å²) in [7, 11) is 0. The van der Waals surface area contributed by atoms with E-state index in [4.69, 9.17) is 4.74 Å². The van der Waals surface area contributed by atoms with Crippen molar-refractivity contribution in [1.29, 1.82) is 0 Å². The van der Waals surface area contributed by atoms with Gasteiger partial charge in [-0.2, -0.15) is 0 Å². The zero-order chi connectivity index (χ0) is 12.9. The molecule has 0 bridgehead atoms. The second-order valence-corrected chi connectivity index (χ2v) is 4.94. The molecule has 1 atom stereocenters. The van der Waals surface area contributed by atoms with Crippen LogP contribution in [-0.4, -0.2) is 37.2 Å². The van der Waals surface area contributed by atoms with Gasteiger partial charge in [0.05, 0.1) is 6.10 Å². The van der Waals surface area contributed by atoms with Gasteiger partial charge in [0.15, 0.2) is 0 Å². The first-order valence-corrected chi connectivity index (χ1v) is 7.58. The zero-order valence-electron chi connectivity index (χ0n) is 12.5. The van der Waals surface area contributed by atoms with E-state index in [9.17, 15) is 0 Å². The second-order valence-electron chi connectivity index (χ2n) is 4.94. The first-order valence-electron chi connectivity index (χ1n) is 7.58. The van der Waals surface area contributed by atoms with Gasteiger partial charge in [0.25, 0.3) is 0 Å². The Hall–Kier alpha value is -0.0800. The van der Waals surface area contributed by atoms with Crippen molar-refractivity contribution >= 4 is 0 Å². The van der Waals surface area contributed by atoms with Crippen LogP contribution >= 0.6 is 0 Å². The molecule has 2 nitrogen and oxygen atoms in total. The molecule has 0 aliphatic carbocycles. The number of hydrogen-bond donors (Lipinski definition) is 0. The van der Waals surface area contributed by atoms with Crippen LogP contribution in [0.25, 0.3) is 0 Å². The molecular formula is C15H33NO. The summed E-state index contributed by atoms with van der Waals surface area (Å²) >= 11 is 0. The van der Waals surface area contributed by atoms with Gasteiger partial charge in [-0.25, -0.2) is 0 Å². The maximum Gasteiger partial charge on any atom is 0.0673 e. The Kier molecular flexibility index (Phi) is 12.3. The summed E-state index contributed by atoms with van der Waals surface area (Å²) in [5, 5.41) is 0. The van der Waals surface area contributed by atoms with Crippen molar-refractivity contribution in [2.24, 2.45) is 0 Å². The first kappa shape index (κ1) is 16.9. The lowest BCUT2D eigenvalue weighted by Gasteiger charge is -2.22. The molecule has 0 saturated heterocycles. The van der Waals surface area contributed by atoms with Crippen LogP contribution < -0.4 is 0 Å². The molecule has 0 aromatic carbocycles. The fourth-order valence-electron chi connectivity index (χ4n) is 2.07. The smallest absolute Gasteiger partial charge is 0.0673 e. The van der Waals surface area contributed by atoms with Gasteiger partial charge in [-0.15, -0.1) is 0 Å². The summed E-state index contributed by atoms with van der Waals surface area (Å²) in [5.41, 5.74) is 0. The largest absolute Gasteiger partial charge is 0.377 e. The number of likely N-dealkylation sites (N-methyl/N-ethyl adjacent to an activating group) is 1. The molecule has 0 saturated carbocycles. The molecule has 0 rings (SSSR count). The standard InChI is InChI=1S/C15H33NO/c1-5-8-9-10-11-12-13-17-15(4)14-16(6-2)7-3/h15H,5-14H2,1-4H3/t15-/m0/s1. The number of hydrogen-bond acceptors (Lipinski definition) is 2. The van der Waals surface area contributed by atoms with Gasteiger partial charge in [-0.3, -0.25) is 0 Å². The zero-order valence-corrected chi connectivity index (χ0v) is 12.5. The van der Waals surface area contributed by atoms with E-state index >= 15 is 0 Å². The fourth-order valence-corrected chi connectivity index (χ4v) is 2.07. The lowest BCUT2D eigenvalue weighted by molar-refractivity contribution is 0.0378. The number of ether oxygens (including phenoxy) is 1. The molecule has 104 valence electrons. The van der Waals surface area contributed by atoms with Crippen LogP contribution in [0.5, 0.6) is 0 Å². The molecule has 0 aromatic heterocycles. The van der Waals surface area contributed by atoms with Gasteiger partial charge < -0.3 is 9.64 Å². The highest BCUT2D eigenvalue weighted by atomic mass is 16.5. The van der Waals surface area contributed by atoms with Crippen LogP contribution in [0.4, 0.5) is 0 Å². The molecule has 0 spiro atoms. The Morgan fingerprint density at radius 1 is 0.882 bits per heavy atom. The Morgan fingerprint density at radius 3 is 2.06 bits per heavy atom. The van der Waals surface area contributed by atoms with E-state index in [1.54, 1.807) is 0 Å². The minimum absolute atomic E-state index is 0.380. The van der Waals surface area contributed by atoms with E-state index in [0.29, 0.717) is 6.10 Å². The fraction of sp³-hybridized carbons (Fsp3) is 1.00. The van der Waals surface area contributed by atoms with Crippen molar-refractivity contribution in [1.82, 2.24) is 4.90 Å². The van der Waals surface area contributed by atoms with E-state index in [1.165, 1.54) is 38.5 Å². The minimum atomic E-state index is 0.380. The number of unbranched alkanes of at least 4 members (excludes halogenated alkanes) is 5. The average molecular weight is 243 g/mol. The van der Waals surface area contributed by atoms with Crippen molar-refractivity contribution in [2.45, 2.75) is 72.3 Å². The summed E-state index contributed by atoms with van der Waals surface area (Å²) < 4.78 is 5.84. The maximum atomic E-state index is 5.84. The van der Waals surface area contributed by atoms with E-state index in [2.05, 4.69) is 32.6 Å². The highest BCUT2D eigenvalue weighted by Gasteiger charge is 2.06. The molecule has 0 unspecified atom stereocenters. The SMILES string of the molecule is CCCCCCCCO[C@@H](C)CN(CC)CC. The van der Waals surface area contributed by atoms with Crippen molar-refractivity contribution in [2.75, 3.05) is 26.2 Å². The van der Waals surface area contributed by atoms with Crippen LogP contribution in [0.15, 0.2) is 0 Å². The van der Waals surface area contributed by atoms with Crippen molar-refractivity contribution in [3.05, 3.63) is 0 Å². The Bertz CT molecular complexity index is 146. The van der Waals surface area contributed by atoms with E-state index in [-0.39, 0.29) is 0 Å². The van der Waals surface area contributed by atoms with Crippen molar-refractivity contribution in [3.63, 3.8) is 0 Å². The van der Waals surface area contributed by atoms with Gasteiger partial charge in [-0.05, 0) is 26.4 Å². The molecule has 0 radical (unpaired) electrons. The summed E-state index contributed by atoms with van der Waals surface area (Å²) in [6.07, 6.45) is 8.43. The van der Waals surface area contributed by atoms with Crippen LogP contribution in [0.1, 0.15) is 66.2 Å².